The number of benzene rings is 1. The smallest absolute Gasteiger partial charge is 0.325 e. The first-order valence-corrected chi connectivity index (χ1v) is 7.41. The molecule has 0 aliphatic rings. The standard InChI is InChI=1S/C15H16ClF3N4O/c1-22(8-13-20-6-7-23(13)10-15(17,18)19)9-14(24)21-12-4-2-11(16)3-5-12/h2-7H,8-10H2,1H3,(H,21,24). The number of aromatic nitrogens is 2. The normalized spacial score (nSPS) is 11.8. The zero-order chi connectivity index (χ0) is 17.7. The first-order valence-electron chi connectivity index (χ1n) is 7.03. The highest BCUT2D eigenvalue weighted by molar-refractivity contribution is 6.30. The van der Waals surface area contributed by atoms with Gasteiger partial charge in [-0.15, -0.1) is 0 Å². The minimum atomic E-state index is -4.32. The van der Waals surface area contributed by atoms with Gasteiger partial charge >= 0.3 is 6.18 Å². The fourth-order valence-corrected chi connectivity index (χ4v) is 2.23. The van der Waals surface area contributed by atoms with E-state index in [1.807, 2.05) is 0 Å². The monoisotopic (exact) mass is 360 g/mol. The molecule has 130 valence electrons. The van der Waals surface area contributed by atoms with E-state index >= 15 is 0 Å². The molecular formula is C15H16ClF3N4O. The van der Waals surface area contributed by atoms with E-state index in [2.05, 4.69) is 10.3 Å². The van der Waals surface area contributed by atoms with E-state index < -0.39 is 12.7 Å². The molecule has 0 atom stereocenters. The molecule has 1 aromatic carbocycles. The minimum Gasteiger partial charge on any atom is -0.325 e. The van der Waals surface area contributed by atoms with Gasteiger partial charge in [-0.3, -0.25) is 9.69 Å². The van der Waals surface area contributed by atoms with Gasteiger partial charge in [-0.05, 0) is 31.3 Å². The van der Waals surface area contributed by atoms with Crippen molar-refractivity contribution in [2.24, 2.45) is 0 Å². The van der Waals surface area contributed by atoms with Crippen LogP contribution in [0.4, 0.5) is 18.9 Å². The number of carbonyl (C=O) groups is 1. The Bertz CT molecular complexity index is 685. The van der Waals surface area contributed by atoms with Crippen LogP contribution < -0.4 is 5.32 Å². The van der Waals surface area contributed by atoms with Crippen LogP contribution in [-0.4, -0.2) is 40.1 Å². The fourth-order valence-electron chi connectivity index (χ4n) is 2.11. The SMILES string of the molecule is CN(CC(=O)Nc1ccc(Cl)cc1)Cc1nccn1CC(F)(F)F. The molecule has 0 saturated carbocycles. The Kier molecular flexibility index (Phi) is 5.84. The molecule has 1 heterocycles. The molecule has 0 radical (unpaired) electrons. The van der Waals surface area contributed by atoms with Gasteiger partial charge in [0.2, 0.25) is 5.91 Å². The zero-order valence-corrected chi connectivity index (χ0v) is 13.6. The number of amides is 1. The summed E-state index contributed by atoms with van der Waals surface area (Å²) in [7, 11) is 1.63. The minimum absolute atomic E-state index is 0.0154. The summed E-state index contributed by atoms with van der Waals surface area (Å²) in [5.41, 5.74) is 0.594. The van der Waals surface area contributed by atoms with E-state index in [9.17, 15) is 18.0 Å². The van der Waals surface area contributed by atoms with Crippen molar-refractivity contribution in [1.82, 2.24) is 14.5 Å². The molecule has 2 aromatic rings. The second-order valence-electron chi connectivity index (χ2n) is 5.31. The molecule has 0 saturated heterocycles. The Morgan fingerprint density at radius 2 is 2.00 bits per heavy atom. The summed E-state index contributed by atoms with van der Waals surface area (Å²) in [6.07, 6.45) is -1.74. The Balaban J connectivity index is 1.89. The number of likely N-dealkylation sites (N-methyl/N-ethyl adjacent to an activating group) is 1. The average Bonchev–Trinajstić information content (AvgIpc) is 2.86. The predicted molar refractivity (Wildman–Crippen MR) is 84.7 cm³/mol. The highest BCUT2D eigenvalue weighted by Crippen LogP contribution is 2.18. The molecule has 0 spiro atoms. The average molecular weight is 361 g/mol. The Labute approximate surface area is 142 Å². The molecule has 0 fully saturated rings. The molecule has 0 bridgehead atoms. The lowest BCUT2D eigenvalue weighted by Crippen LogP contribution is -2.31. The van der Waals surface area contributed by atoms with Crippen molar-refractivity contribution < 1.29 is 18.0 Å². The lowest BCUT2D eigenvalue weighted by atomic mass is 10.3. The number of hydrogen-bond acceptors (Lipinski definition) is 3. The molecular weight excluding hydrogens is 345 g/mol. The number of halogens is 4. The van der Waals surface area contributed by atoms with Crippen LogP contribution in [0.25, 0.3) is 0 Å². The summed E-state index contributed by atoms with van der Waals surface area (Å²) < 4.78 is 38.5. The van der Waals surface area contributed by atoms with Gasteiger partial charge in [-0.1, -0.05) is 11.6 Å². The summed E-state index contributed by atoms with van der Waals surface area (Å²) in [6.45, 7) is -0.967. The van der Waals surface area contributed by atoms with Crippen molar-refractivity contribution in [1.29, 1.82) is 0 Å². The summed E-state index contributed by atoms with van der Waals surface area (Å²) in [5, 5.41) is 3.24. The van der Waals surface area contributed by atoms with Crippen LogP contribution in [0.1, 0.15) is 5.82 Å². The van der Waals surface area contributed by atoms with Gasteiger partial charge in [0.1, 0.15) is 12.4 Å². The molecule has 1 N–H and O–H groups in total. The summed E-state index contributed by atoms with van der Waals surface area (Å²) in [5.74, 6) is -0.0390. The third kappa shape index (κ3) is 5.86. The van der Waals surface area contributed by atoms with Gasteiger partial charge in [-0.25, -0.2) is 4.98 Å². The molecule has 5 nitrogen and oxygen atoms in total. The van der Waals surface area contributed by atoms with Crippen LogP contribution >= 0.6 is 11.6 Å². The predicted octanol–water partition coefficient (Wildman–Crippen LogP) is 3.17. The number of hydrogen-bond donors (Lipinski definition) is 1. The molecule has 9 heteroatoms. The van der Waals surface area contributed by atoms with Crippen molar-refractivity contribution in [3.8, 4) is 0 Å². The van der Waals surface area contributed by atoms with Crippen LogP contribution in [-0.2, 0) is 17.9 Å². The van der Waals surface area contributed by atoms with Crippen molar-refractivity contribution >= 4 is 23.2 Å². The largest absolute Gasteiger partial charge is 0.406 e. The fraction of sp³-hybridized carbons (Fsp3) is 0.333. The van der Waals surface area contributed by atoms with Gasteiger partial charge in [-0.2, -0.15) is 13.2 Å². The van der Waals surface area contributed by atoms with Gasteiger partial charge in [0.25, 0.3) is 0 Å². The number of carbonyl (C=O) groups excluding carboxylic acids is 1. The number of anilines is 1. The lowest BCUT2D eigenvalue weighted by molar-refractivity contribution is -0.141. The zero-order valence-electron chi connectivity index (χ0n) is 12.8. The lowest BCUT2D eigenvalue weighted by Gasteiger charge is -2.17. The maximum absolute atomic E-state index is 12.5. The van der Waals surface area contributed by atoms with E-state index in [0.29, 0.717) is 10.7 Å². The van der Waals surface area contributed by atoms with Crippen molar-refractivity contribution in [3.63, 3.8) is 0 Å². The highest BCUT2D eigenvalue weighted by Gasteiger charge is 2.29. The molecule has 1 aromatic heterocycles. The van der Waals surface area contributed by atoms with E-state index in [1.54, 1.807) is 36.2 Å². The van der Waals surface area contributed by atoms with E-state index in [0.717, 1.165) is 4.57 Å². The van der Waals surface area contributed by atoms with Gasteiger partial charge in [0, 0.05) is 23.1 Å². The Hall–Kier alpha value is -2.06. The first kappa shape index (κ1) is 18.3. The van der Waals surface area contributed by atoms with Crippen molar-refractivity contribution in [2.45, 2.75) is 19.3 Å². The third-order valence-corrected chi connectivity index (χ3v) is 3.36. The van der Waals surface area contributed by atoms with E-state index in [1.165, 1.54) is 12.4 Å². The van der Waals surface area contributed by atoms with Crippen LogP contribution in [0.2, 0.25) is 5.02 Å². The topological polar surface area (TPSA) is 50.2 Å². The second kappa shape index (κ2) is 7.67. The van der Waals surface area contributed by atoms with Gasteiger partial charge in [0.05, 0.1) is 13.1 Å². The van der Waals surface area contributed by atoms with Gasteiger partial charge in [0.15, 0.2) is 0 Å². The molecule has 0 aliphatic carbocycles. The van der Waals surface area contributed by atoms with Crippen LogP contribution in [0, 0.1) is 0 Å². The Morgan fingerprint density at radius 3 is 2.62 bits per heavy atom. The molecule has 24 heavy (non-hydrogen) atoms. The molecule has 1 amide bonds. The summed E-state index contributed by atoms with van der Waals surface area (Å²) in [6, 6.07) is 6.62. The quantitative estimate of drug-likeness (QED) is 0.861. The van der Waals surface area contributed by atoms with Crippen molar-refractivity contribution in [2.75, 3.05) is 18.9 Å². The number of nitrogens with zero attached hydrogens (tertiary/aromatic N) is 3. The highest BCUT2D eigenvalue weighted by atomic mass is 35.5. The number of rotatable bonds is 6. The number of imidazole rings is 1. The molecule has 0 aliphatic heterocycles. The summed E-state index contributed by atoms with van der Waals surface area (Å²) in [4.78, 5) is 17.5. The maximum Gasteiger partial charge on any atom is 0.406 e. The molecule has 0 unspecified atom stereocenters. The van der Waals surface area contributed by atoms with Crippen LogP contribution in [0.3, 0.4) is 0 Å². The first-order chi connectivity index (χ1) is 11.2. The second-order valence-corrected chi connectivity index (χ2v) is 5.75. The van der Waals surface area contributed by atoms with Crippen molar-refractivity contribution in [3.05, 3.63) is 47.5 Å². The third-order valence-electron chi connectivity index (χ3n) is 3.10. The number of nitrogens with one attached hydrogen (secondary N) is 1. The number of alkyl halides is 3. The van der Waals surface area contributed by atoms with Crippen LogP contribution in [0.15, 0.2) is 36.7 Å². The van der Waals surface area contributed by atoms with Gasteiger partial charge < -0.3 is 9.88 Å². The molecule has 2 rings (SSSR count). The van der Waals surface area contributed by atoms with Crippen LogP contribution in [0.5, 0.6) is 0 Å². The van der Waals surface area contributed by atoms with E-state index in [-0.39, 0.29) is 24.8 Å². The Morgan fingerprint density at radius 1 is 1.33 bits per heavy atom. The summed E-state index contributed by atoms with van der Waals surface area (Å²) >= 11 is 5.76. The van der Waals surface area contributed by atoms with E-state index in [4.69, 9.17) is 11.6 Å². The maximum atomic E-state index is 12.5.